The van der Waals surface area contributed by atoms with Crippen molar-refractivity contribution < 1.29 is 22.7 Å². The largest absolute Gasteiger partial charge is 0.462 e. The van der Waals surface area contributed by atoms with Crippen LogP contribution in [0.3, 0.4) is 0 Å². The van der Waals surface area contributed by atoms with Crippen molar-refractivity contribution in [2.24, 2.45) is 13.0 Å². The number of amides is 1. The lowest BCUT2D eigenvalue weighted by molar-refractivity contribution is -0.126. The number of ether oxygens (including phenoxy) is 1. The Morgan fingerprint density at radius 1 is 1.03 bits per heavy atom. The molecule has 32 heavy (non-hydrogen) atoms. The van der Waals surface area contributed by atoms with Crippen LogP contribution in [0.2, 0.25) is 0 Å². The summed E-state index contributed by atoms with van der Waals surface area (Å²) in [4.78, 5) is 25.6. The maximum absolute atomic E-state index is 13.7. The van der Waals surface area contributed by atoms with E-state index in [2.05, 4.69) is 5.32 Å². The molecule has 1 N–H and O–H groups in total. The molecule has 2 aliphatic rings. The average molecular weight is 468 g/mol. The molecule has 0 unspecified atom stereocenters. The monoisotopic (exact) mass is 467 g/mol. The number of aromatic nitrogens is 1. The summed E-state index contributed by atoms with van der Waals surface area (Å²) < 4.78 is 35.6. The molecule has 1 aliphatic carbocycles. The Hall–Kier alpha value is -1.87. The van der Waals surface area contributed by atoms with Crippen LogP contribution in [0.25, 0.3) is 0 Å². The van der Waals surface area contributed by atoms with Gasteiger partial charge in [-0.15, -0.1) is 0 Å². The van der Waals surface area contributed by atoms with Gasteiger partial charge in [0.05, 0.1) is 12.5 Å². The number of hydrogen-bond acceptors (Lipinski definition) is 5. The summed E-state index contributed by atoms with van der Waals surface area (Å²) in [5, 5.41) is 3.17. The van der Waals surface area contributed by atoms with E-state index in [0.29, 0.717) is 30.8 Å². The van der Waals surface area contributed by atoms with Gasteiger partial charge in [-0.1, -0.05) is 25.7 Å². The molecule has 1 aliphatic heterocycles. The molecule has 1 aromatic heterocycles. The van der Waals surface area contributed by atoms with Crippen molar-refractivity contribution in [3.63, 3.8) is 0 Å². The number of esters is 1. The highest BCUT2D eigenvalue weighted by molar-refractivity contribution is 7.89. The molecular formula is C23H37N3O5S. The Labute approximate surface area is 191 Å². The van der Waals surface area contributed by atoms with Crippen LogP contribution in [0.1, 0.15) is 80.0 Å². The SMILES string of the molecule is CCOC(=O)c1c(S(=O)(=O)N2CCC[C@@H](C(=O)NC3CCCCCC3)C2)c(C)n(C)c1C. The highest BCUT2D eigenvalue weighted by atomic mass is 32.2. The van der Waals surface area contributed by atoms with Crippen LogP contribution in [0.5, 0.6) is 0 Å². The van der Waals surface area contributed by atoms with Crippen molar-refractivity contribution in [1.29, 1.82) is 0 Å². The predicted molar refractivity (Wildman–Crippen MR) is 122 cm³/mol. The van der Waals surface area contributed by atoms with Gasteiger partial charge in [-0.2, -0.15) is 4.31 Å². The Bertz CT molecular complexity index is 945. The first-order valence-electron chi connectivity index (χ1n) is 11.8. The second-order valence-corrected chi connectivity index (χ2v) is 10.9. The van der Waals surface area contributed by atoms with Gasteiger partial charge in [0.15, 0.2) is 0 Å². The van der Waals surface area contributed by atoms with Crippen LogP contribution >= 0.6 is 0 Å². The molecule has 1 amide bonds. The maximum atomic E-state index is 13.7. The molecule has 1 saturated carbocycles. The number of rotatable bonds is 6. The van der Waals surface area contributed by atoms with E-state index in [0.717, 1.165) is 25.7 Å². The fourth-order valence-corrected chi connectivity index (χ4v) is 6.93. The standard InChI is InChI=1S/C23H37N3O5S/c1-5-31-23(28)20-16(2)25(4)17(3)21(20)32(29,30)26-14-10-11-18(15-26)22(27)24-19-12-8-6-7-9-13-19/h18-19H,5-15H2,1-4H3,(H,24,27)/t18-/m1/s1. The van der Waals surface area contributed by atoms with Crippen LogP contribution in [0.15, 0.2) is 4.90 Å². The first kappa shape index (κ1) is 24.8. The molecule has 0 radical (unpaired) electrons. The lowest BCUT2D eigenvalue weighted by atomic mass is 9.97. The normalized spacial score (nSPS) is 21.2. The Kier molecular flexibility index (Phi) is 8.03. The molecule has 2 heterocycles. The van der Waals surface area contributed by atoms with E-state index < -0.39 is 16.0 Å². The quantitative estimate of drug-likeness (QED) is 0.512. The highest BCUT2D eigenvalue weighted by Gasteiger charge is 2.39. The molecule has 8 nitrogen and oxygen atoms in total. The van der Waals surface area contributed by atoms with Crippen molar-refractivity contribution >= 4 is 21.9 Å². The summed E-state index contributed by atoms with van der Waals surface area (Å²) in [5.74, 6) is -1.06. The number of nitrogens with one attached hydrogen (secondary N) is 1. The van der Waals surface area contributed by atoms with Crippen LogP contribution in [-0.2, 0) is 26.6 Å². The van der Waals surface area contributed by atoms with Gasteiger partial charge in [0, 0.05) is 37.6 Å². The molecule has 0 spiro atoms. The minimum Gasteiger partial charge on any atom is -0.462 e. The second-order valence-electron chi connectivity index (χ2n) is 9.05. The Morgan fingerprint density at radius 2 is 1.69 bits per heavy atom. The molecule has 2 fully saturated rings. The van der Waals surface area contributed by atoms with Gasteiger partial charge in [-0.25, -0.2) is 13.2 Å². The zero-order valence-electron chi connectivity index (χ0n) is 19.8. The molecule has 180 valence electrons. The summed E-state index contributed by atoms with van der Waals surface area (Å²) >= 11 is 0. The number of carbonyl (C=O) groups is 2. The average Bonchev–Trinajstić information content (AvgIpc) is 2.94. The third kappa shape index (κ3) is 5.03. The Morgan fingerprint density at radius 3 is 2.31 bits per heavy atom. The summed E-state index contributed by atoms with van der Waals surface area (Å²) in [6, 6.07) is 0.186. The van der Waals surface area contributed by atoms with E-state index in [9.17, 15) is 18.0 Å². The lowest BCUT2D eigenvalue weighted by Crippen LogP contribution is -2.47. The highest BCUT2D eigenvalue weighted by Crippen LogP contribution is 2.32. The maximum Gasteiger partial charge on any atom is 0.341 e. The molecule has 1 aromatic rings. The van der Waals surface area contributed by atoms with Gasteiger partial charge < -0.3 is 14.6 Å². The first-order chi connectivity index (χ1) is 15.2. The van der Waals surface area contributed by atoms with Gasteiger partial charge in [0.2, 0.25) is 15.9 Å². The fourth-order valence-electron chi connectivity index (χ4n) is 4.92. The van der Waals surface area contributed by atoms with Gasteiger partial charge in [0.1, 0.15) is 10.5 Å². The fraction of sp³-hybridized carbons (Fsp3) is 0.739. The van der Waals surface area contributed by atoms with E-state index in [-0.39, 0.29) is 41.5 Å². The van der Waals surface area contributed by atoms with E-state index in [1.807, 2.05) is 0 Å². The van der Waals surface area contributed by atoms with Gasteiger partial charge >= 0.3 is 5.97 Å². The van der Waals surface area contributed by atoms with Gasteiger partial charge in [-0.3, -0.25) is 4.79 Å². The molecular weight excluding hydrogens is 430 g/mol. The minimum atomic E-state index is -3.96. The molecule has 9 heteroatoms. The lowest BCUT2D eigenvalue weighted by Gasteiger charge is -2.32. The molecule has 1 saturated heterocycles. The van der Waals surface area contributed by atoms with Crippen molar-refractivity contribution in [2.45, 2.75) is 83.1 Å². The molecule has 0 aromatic carbocycles. The smallest absolute Gasteiger partial charge is 0.341 e. The number of piperidine rings is 1. The molecule has 3 rings (SSSR count). The van der Waals surface area contributed by atoms with E-state index in [4.69, 9.17) is 4.74 Å². The van der Waals surface area contributed by atoms with Crippen molar-refractivity contribution in [3.05, 3.63) is 17.0 Å². The third-order valence-corrected chi connectivity index (χ3v) is 8.98. The summed E-state index contributed by atoms with van der Waals surface area (Å²) in [6.07, 6.45) is 7.93. The third-order valence-electron chi connectivity index (χ3n) is 6.96. The number of nitrogens with zero attached hydrogens (tertiary/aromatic N) is 2. The van der Waals surface area contributed by atoms with E-state index in [1.54, 1.807) is 32.4 Å². The van der Waals surface area contributed by atoms with Crippen LogP contribution in [0, 0.1) is 19.8 Å². The van der Waals surface area contributed by atoms with E-state index >= 15 is 0 Å². The zero-order valence-corrected chi connectivity index (χ0v) is 20.6. The van der Waals surface area contributed by atoms with Crippen molar-refractivity contribution in [2.75, 3.05) is 19.7 Å². The predicted octanol–water partition coefficient (Wildman–Crippen LogP) is 3.06. The van der Waals surface area contributed by atoms with Crippen LogP contribution in [-0.4, -0.2) is 54.9 Å². The van der Waals surface area contributed by atoms with E-state index in [1.165, 1.54) is 17.1 Å². The van der Waals surface area contributed by atoms with Crippen molar-refractivity contribution in [3.8, 4) is 0 Å². The summed E-state index contributed by atoms with van der Waals surface area (Å²) in [5.41, 5.74) is 1.15. The molecule has 0 bridgehead atoms. The van der Waals surface area contributed by atoms with Crippen LogP contribution in [0.4, 0.5) is 0 Å². The van der Waals surface area contributed by atoms with Crippen molar-refractivity contribution in [1.82, 2.24) is 14.2 Å². The topological polar surface area (TPSA) is 97.7 Å². The minimum absolute atomic E-state index is 0.000719. The number of sulfonamides is 1. The zero-order chi connectivity index (χ0) is 23.5. The first-order valence-corrected chi connectivity index (χ1v) is 13.3. The summed E-state index contributed by atoms with van der Waals surface area (Å²) in [7, 11) is -2.22. The number of hydrogen-bond donors (Lipinski definition) is 1. The van der Waals surface area contributed by atoms with Gasteiger partial charge in [-0.05, 0) is 46.5 Å². The van der Waals surface area contributed by atoms with Gasteiger partial charge in [0.25, 0.3) is 0 Å². The Balaban J connectivity index is 1.82. The summed E-state index contributed by atoms with van der Waals surface area (Å²) in [6.45, 7) is 5.75. The van der Waals surface area contributed by atoms with Crippen LogP contribution < -0.4 is 5.32 Å². The second kappa shape index (κ2) is 10.4. The number of carbonyl (C=O) groups excluding carboxylic acids is 2. The molecule has 1 atom stereocenters.